The Hall–Kier alpha value is -2.43. The summed E-state index contributed by atoms with van der Waals surface area (Å²) in [6, 6.07) is 10.1. The molecule has 0 atom stereocenters. The summed E-state index contributed by atoms with van der Waals surface area (Å²) in [4.78, 5) is 11.4. The summed E-state index contributed by atoms with van der Waals surface area (Å²) >= 11 is 0. The van der Waals surface area contributed by atoms with Crippen LogP contribution in [0.25, 0.3) is 0 Å². The van der Waals surface area contributed by atoms with Crippen LogP contribution in [0.2, 0.25) is 0 Å². The van der Waals surface area contributed by atoms with Gasteiger partial charge in [0.2, 0.25) is 0 Å². The maximum absolute atomic E-state index is 13.4. The minimum absolute atomic E-state index is 0.170. The molecule has 0 radical (unpaired) electrons. The number of amides is 1. The lowest BCUT2D eigenvalue weighted by atomic mass is 10.1. The molecule has 0 aliphatic carbocycles. The summed E-state index contributed by atoms with van der Waals surface area (Å²) in [5.41, 5.74) is 1.51. The van der Waals surface area contributed by atoms with Crippen LogP contribution in [0.1, 0.15) is 15.9 Å². The summed E-state index contributed by atoms with van der Waals surface area (Å²) in [5, 5.41) is 5.50. The van der Waals surface area contributed by atoms with E-state index in [1.807, 2.05) is 0 Å². The van der Waals surface area contributed by atoms with Gasteiger partial charge in [0.15, 0.2) is 0 Å². The predicted octanol–water partition coefficient (Wildman–Crippen LogP) is 2.94. The second-order valence-corrected chi connectivity index (χ2v) is 4.25. The number of hydrogen-bond donors (Lipinski definition) is 2. The molecule has 0 unspecified atom stereocenters. The molecule has 5 heteroatoms. The first kappa shape index (κ1) is 14.0. The molecule has 0 spiro atoms. The van der Waals surface area contributed by atoms with E-state index in [-0.39, 0.29) is 18.0 Å². The van der Waals surface area contributed by atoms with Crippen LogP contribution in [0.4, 0.5) is 14.5 Å². The summed E-state index contributed by atoms with van der Waals surface area (Å²) in [6.07, 6.45) is 0. The third-order valence-electron chi connectivity index (χ3n) is 2.86. The SMILES string of the molecule is CNC(=O)c1ccc(NCc2cc(F)ccc2F)cc1. The van der Waals surface area contributed by atoms with Crippen LogP contribution in [0.5, 0.6) is 0 Å². The highest BCUT2D eigenvalue weighted by molar-refractivity contribution is 5.94. The zero-order valence-corrected chi connectivity index (χ0v) is 10.9. The van der Waals surface area contributed by atoms with Crippen LogP contribution in [0, 0.1) is 11.6 Å². The van der Waals surface area contributed by atoms with Gasteiger partial charge in [-0.2, -0.15) is 0 Å². The van der Waals surface area contributed by atoms with E-state index in [1.165, 1.54) is 0 Å². The summed E-state index contributed by atoms with van der Waals surface area (Å²) in [5.74, 6) is -1.10. The van der Waals surface area contributed by atoms with Crippen molar-refractivity contribution in [3.8, 4) is 0 Å². The van der Waals surface area contributed by atoms with E-state index >= 15 is 0 Å². The fourth-order valence-electron chi connectivity index (χ4n) is 1.76. The average molecular weight is 276 g/mol. The molecule has 104 valence electrons. The highest BCUT2D eigenvalue weighted by atomic mass is 19.1. The molecule has 0 fully saturated rings. The van der Waals surface area contributed by atoms with Gasteiger partial charge in [0.25, 0.3) is 5.91 Å². The lowest BCUT2D eigenvalue weighted by Gasteiger charge is -2.08. The minimum atomic E-state index is -0.474. The zero-order valence-electron chi connectivity index (χ0n) is 10.9. The van der Waals surface area contributed by atoms with E-state index < -0.39 is 11.6 Å². The average Bonchev–Trinajstić information content (AvgIpc) is 2.48. The van der Waals surface area contributed by atoms with E-state index in [4.69, 9.17) is 0 Å². The fourth-order valence-corrected chi connectivity index (χ4v) is 1.76. The molecule has 0 heterocycles. The van der Waals surface area contributed by atoms with Crippen molar-refractivity contribution in [2.75, 3.05) is 12.4 Å². The maximum Gasteiger partial charge on any atom is 0.251 e. The van der Waals surface area contributed by atoms with Gasteiger partial charge >= 0.3 is 0 Å². The Balaban J connectivity index is 2.04. The van der Waals surface area contributed by atoms with Gasteiger partial charge in [0.1, 0.15) is 11.6 Å². The second-order valence-electron chi connectivity index (χ2n) is 4.25. The van der Waals surface area contributed by atoms with Crippen LogP contribution < -0.4 is 10.6 Å². The van der Waals surface area contributed by atoms with E-state index in [1.54, 1.807) is 31.3 Å². The molecule has 2 aromatic carbocycles. The van der Waals surface area contributed by atoms with Gasteiger partial charge in [-0.25, -0.2) is 8.78 Å². The topological polar surface area (TPSA) is 41.1 Å². The van der Waals surface area contributed by atoms with Crippen molar-refractivity contribution in [2.24, 2.45) is 0 Å². The maximum atomic E-state index is 13.4. The molecule has 2 aromatic rings. The quantitative estimate of drug-likeness (QED) is 0.901. The Morgan fingerprint density at radius 2 is 1.80 bits per heavy atom. The van der Waals surface area contributed by atoms with E-state index in [2.05, 4.69) is 10.6 Å². The van der Waals surface area contributed by atoms with Gasteiger partial charge < -0.3 is 10.6 Å². The molecule has 2 rings (SSSR count). The van der Waals surface area contributed by atoms with Crippen molar-refractivity contribution >= 4 is 11.6 Å². The monoisotopic (exact) mass is 276 g/mol. The van der Waals surface area contributed by atoms with Crippen molar-refractivity contribution in [2.45, 2.75) is 6.54 Å². The molecule has 0 saturated heterocycles. The van der Waals surface area contributed by atoms with Gasteiger partial charge in [-0.15, -0.1) is 0 Å². The Morgan fingerprint density at radius 1 is 1.10 bits per heavy atom. The molecule has 20 heavy (non-hydrogen) atoms. The van der Waals surface area contributed by atoms with Gasteiger partial charge in [0, 0.05) is 30.4 Å². The minimum Gasteiger partial charge on any atom is -0.381 e. The highest BCUT2D eigenvalue weighted by Gasteiger charge is 2.05. The lowest BCUT2D eigenvalue weighted by molar-refractivity contribution is 0.0963. The van der Waals surface area contributed by atoms with Gasteiger partial charge in [-0.3, -0.25) is 4.79 Å². The van der Waals surface area contributed by atoms with Gasteiger partial charge in [-0.05, 0) is 42.5 Å². The summed E-state index contributed by atoms with van der Waals surface area (Å²) in [7, 11) is 1.56. The lowest BCUT2D eigenvalue weighted by Crippen LogP contribution is -2.17. The van der Waals surface area contributed by atoms with E-state index in [9.17, 15) is 13.6 Å². The summed E-state index contributed by atoms with van der Waals surface area (Å²) in [6.45, 7) is 0.170. The zero-order chi connectivity index (χ0) is 14.5. The Bertz CT molecular complexity index is 612. The third kappa shape index (κ3) is 3.32. The number of carbonyl (C=O) groups excluding carboxylic acids is 1. The van der Waals surface area contributed by atoms with Crippen LogP contribution in [0.15, 0.2) is 42.5 Å². The molecule has 0 aliphatic rings. The molecule has 0 saturated carbocycles. The predicted molar refractivity (Wildman–Crippen MR) is 73.5 cm³/mol. The molecular weight excluding hydrogens is 262 g/mol. The fraction of sp³-hybridized carbons (Fsp3) is 0.133. The first-order valence-corrected chi connectivity index (χ1v) is 6.10. The Kier molecular flexibility index (Phi) is 4.30. The van der Waals surface area contributed by atoms with Gasteiger partial charge in [-0.1, -0.05) is 0 Å². The molecule has 1 amide bonds. The number of hydrogen-bond acceptors (Lipinski definition) is 2. The van der Waals surface area contributed by atoms with Crippen LogP contribution in [-0.4, -0.2) is 13.0 Å². The van der Waals surface area contributed by atoms with Crippen molar-refractivity contribution in [3.63, 3.8) is 0 Å². The number of benzene rings is 2. The second kappa shape index (κ2) is 6.14. The number of carbonyl (C=O) groups is 1. The van der Waals surface area contributed by atoms with Gasteiger partial charge in [0.05, 0.1) is 0 Å². The van der Waals surface area contributed by atoms with E-state index in [0.717, 1.165) is 23.9 Å². The number of halogens is 2. The van der Waals surface area contributed by atoms with Crippen molar-refractivity contribution in [1.82, 2.24) is 5.32 Å². The van der Waals surface area contributed by atoms with Crippen LogP contribution in [-0.2, 0) is 6.54 Å². The highest BCUT2D eigenvalue weighted by Crippen LogP contribution is 2.14. The standard InChI is InChI=1S/C15H14F2N2O/c1-18-15(20)10-2-5-13(6-3-10)19-9-11-8-12(16)4-7-14(11)17/h2-8,19H,9H2,1H3,(H,18,20). The Morgan fingerprint density at radius 3 is 2.45 bits per heavy atom. The molecular formula is C15H14F2N2O. The normalized spacial score (nSPS) is 10.2. The molecule has 2 N–H and O–H groups in total. The molecule has 0 aliphatic heterocycles. The van der Waals surface area contributed by atoms with Crippen LogP contribution in [0.3, 0.4) is 0 Å². The van der Waals surface area contributed by atoms with Crippen LogP contribution >= 0.6 is 0 Å². The smallest absolute Gasteiger partial charge is 0.251 e. The van der Waals surface area contributed by atoms with Crippen molar-refractivity contribution < 1.29 is 13.6 Å². The first-order valence-electron chi connectivity index (χ1n) is 6.10. The first-order chi connectivity index (χ1) is 9.60. The van der Waals surface area contributed by atoms with Crippen molar-refractivity contribution in [3.05, 3.63) is 65.2 Å². The van der Waals surface area contributed by atoms with Crippen molar-refractivity contribution in [1.29, 1.82) is 0 Å². The Labute approximate surface area is 115 Å². The molecule has 0 aromatic heterocycles. The number of nitrogens with one attached hydrogen (secondary N) is 2. The third-order valence-corrected chi connectivity index (χ3v) is 2.86. The molecule has 3 nitrogen and oxygen atoms in total. The summed E-state index contributed by atoms with van der Waals surface area (Å²) < 4.78 is 26.4. The number of rotatable bonds is 4. The largest absolute Gasteiger partial charge is 0.381 e. The number of anilines is 1. The van der Waals surface area contributed by atoms with E-state index in [0.29, 0.717) is 5.56 Å². The molecule has 0 bridgehead atoms.